The Hall–Kier alpha value is -4.74. The van der Waals surface area contributed by atoms with Crippen molar-refractivity contribution in [2.45, 2.75) is 58.1 Å². The number of halogens is 2. The summed E-state index contributed by atoms with van der Waals surface area (Å²) in [7, 11) is 1.97. The lowest BCUT2D eigenvalue weighted by Crippen LogP contribution is -2.46. The van der Waals surface area contributed by atoms with Crippen LogP contribution in [0.3, 0.4) is 0 Å². The monoisotopic (exact) mass is 785 g/mol. The molecule has 1 aliphatic rings. The van der Waals surface area contributed by atoms with Gasteiger partial charge in [0.2, 0.25) is 0 Å². The van der Waals surface area contributed by atoms with E-state index in [0.717, 1.165) is 65.3 Å². The Morgan fingerprint density at radius 3 is 2.49 bits per heavy atom. The molecule has 1 saturated heterocycles. The van der Waals surface area contributed by atoms with Crippen molar-refractivity contribution >= 4 is 23.2 Å². The zero-order chi connectivity index (χ0) is 38.8. The molecule has 3 aromatic carbocycles. The average molecular weight is 787 g/mol. The Morgan fingerprint density at radius 2 is 1.73 bits per heavy atom. The Morgan fingerprint density at radius 1 is 0.945 bits per heavy atom. The zero-order valence-electron chi connectivity index (χ0n) is 31.0. The molecular formula is C41H45Cl2N7O5. The number of H-pyrrole nitrogens is 1. The number of nitrogens with zero attached hydrogens (tertiary/aromatic N) is 6. The van der Waals surface area contributed by atoms with E-state index in [1.165, 1.54) is 12.5 Å². The lowest BCUT2D eigenvalue weighted by atomic mass is 9.92. The van der Waals surface area contributed by atoms with Gasteiger partial charge in [0.25, 0.3) is 0 Å². The third kappa shape index (κ3) is 10.5. The van der Waals surface area contributed by atoms with Gasteiger partial charge < -0.3 is 29.3 Å². The van der Waals surface area contributed by atoms with Crippen molar-refractivity contribution in [1.82, 2.24) is 30.0 Å². The molecule has 12 nitrogen and oxygen atoms in total. The first-order valence-corrected chi connectivity index (χ1v) is 18.9. The lowest BCUT2D eigenvalue weighted by molar-refractivity contribution is -0.0596. The summed E-state index contributed by atoms with van der Waals surface area (Å²) in [6, 6.07) is 19.4. The van der Waals surface area contributed by atoms with E-state index in [4.69, 9.17) is 37.4 Å². The number of likely N-dealkylation sites (tertiary alicyclic amines) is 1. The number of aliphatic hydroxyl groups excluding tert-OH is 1. The van der Waals surface area contributed by atoms with Gasteiger partial charge in [0, 0.05) is 61.3 Å². The van der Waals surface area contributed by atoms with Crippen molar-refractivity contribution in [3.63, 3.8) is 0 Å². The first-order chi connectivity index (χ1) is 26.6. The molecule has 0 radical (unpaired) electrons. The molecule has 288 valence electrons. The number of pyridine rings is 1. The number of hydrogen-bond acceptors (Lipinski definition) is 11. The molecule has 6 rings (SSSR count). The Bertz CT molecular complexity index is 2080. The highest BCUT2D eigenvalue weighted by atomic mass is 35.5. The minimum Gasteiger partial charge on any atom is -0.492 e. The predicted molar refractivity (Wildman–Crippen MR) is 210 cm³/mol. The van der Waals surface area contributed by atoms with Crippen LogP contribution in [0.5, 0.6) is 17.2 Å². The van der Waals surface area contributed by atoms with E-state index >= 15 is 0 Å². The summed E-state index contributed by atoms with van der Waals surface area (Å²) >= 11 is 13.8. The molecule has 0 unspecified atom stereocenters. The summed E-state index contributed by atoms with van der Waals surface area (Å²) in [5, 5.41) is 36.9. The number of hydrogen-bond donors (Lipinski definition) is 3. The maximum atomic E-state index is 10.3. The van der Waals surface area contributed by atoms with E-state index in [-0.39, 0.29) is 19.8 Å². The van der Waals surface area contributed by atoms with Gasteiger partial charge in [-0.3, -0.25) is 15.0 Å². The van der Waals surface area contributed by atoms with Gasteiger partial charge in [-0.05, 0) is 68.1 Å². The van der Waals surface area contributed by atoms with E-state index < -0.39 is 5.60 Å². The Labute approximate surface area is 331 Å². The third-order valence-electron chi connectivity index (χ3n) is 9.80. The van der Waals surface area contributed by atoms with Gasteiger partial charge in [0.05, 0.1) is 41.0 Å². The van der Waals surface area contributed by atoms with Crippen LogP contribution in [0.25, 0.3) is 11.1 Å². The second-order valence-electron chi connectivity index (χ2n) is 13.9. The van der Waals surface area contributed by atoms with E-state index in [1.54, 1.807) is 18.3 Å². The predicted octanol–water partition coefficient (Wildman–Crippen LogP) is 6.73. The molecule has 0 saturated carbocycles. The summed E-state index contributed by atoms with van der Waals surface area (Å²) in [5.41, 5.74) is 4.91. The molecule has 5 aromatic rings. The van der Waals surface area contributed by atoms with Gasteiger partial charge in [-0.1, -0.05) is 53.5 Å². The average Bonchev–Trinajstić information content (AvgIpc) is 3.70. The SMILES string of the molecule is Cc1c(COc2cc(OCc3cncc(C#N)c3)c(CN(C)Cc3ncn[nH]3)cc2Cl)cccc1-c1cccc(OCCCN2CCC(O)(CO)CC2)c1Cl. The number of aliphatic hydroxyl groups is 2. The largest absolute Gasteiger partial charge is 0.492 e. The third-order valence-corrected chi connectivity index (χ3v) is 10.5. The van der Waals surface area contributed by atoms with Crippen LogP contribution >= 0.6 is 23.2 Å². The second kappa shape index (κ2) is 18.7. The smallest absolute Gasteiger partial charge is 0.142 e. The molecule has 1 fully saturated rings. The summed E-state index contributed by atoms with van der Waals surface area (Å²) in [6.07, 6.45) is 6.61. The normalized spacial score (nSPS) is 14.1. The van der Waals surface area contributed by atoms with Crippen LogP contribution in [0.15, 0.2) is 73.3 Å². The quantitative estimate of drug-likeness (QED) is 0.0861. The Balaban J connectivity index is 1.13. The van der Waals surface area contributed by atoms with Crippen LogP contribution in [0.4, 0.5) is 0 Å². The minimum atomic E-state index is -0.955. The van der Waals surface area contributed by atoms with Gasteiger partial charge in [-0.2, -0.15) is 10.4 Å². The van der Waals surface area contributed by atoms with Crippen LogP contribution in [-0.2, 0) is 26.3 Å². The highest BCUT2D eigenvalue weighted by molar-refractivity contribution is 6.35. The van der Waals surface area contributed by atoms with Crippen molar-refractivity contribution < 1.29 is 24.4 Å². The minimum absolute atomic E-state index is 0.196. The lowest BCUT2D eigenvalue weighted by Gasteiger charge is -2.36. The fraction of sp³-hybridized carbons (Fsp3) is 0.366. The number of nitriles is 1. The van der Waals surface area contributed by atoms with Gasteiger partial charge in [-0.15, -0.1) is 0 Å². The standard InChI is InChI=1S/C41H45Cl2N7O5/c1-28-31(6-3-7-33(28)34-8-4-9-36(40(34)43)53-15-5-12-50-13-10-41(52,26-51)11-14-50)25-55-38-18-37(54-24-30-16-29(19-44)20-45-21-30)32(17-35(38)42)22-49(2)23-39-46-27-47-48-39/h3-4,6-9,16-18,20-21,27,51-52H,5,10-15,22-26H2,1-2H3,(H,46,47,48). The van der Waals surface area contributed by atoms with E-state index in [9.17, 15) is 15.5 Å². The summed E-state index contributed by atoms with van der Waals surface area (Å²) in [5.74, 6) is 2.41. The Kier molecular flexibility index (Phi) is 13.6. The number of benzene rings is 3. The summed E-state index contributed by atoms with van der Waals surface area (Å²) in [4.78, 5) is 12.7. The maximum Gasteiger partial charge on any atom is 0.142 e. The highest BCUT2D eigenvalue weighted by Gasteiger charge is 2.31. The van der Waals surface area contributed by atoms with Gasteiger partial charge in [0.15, 0.2) is 0 Å². The van der Waals surface area contributed by atoms with Crippen molar-refractivity contribution in [1.29, 1.82) is 5.26 Å². The molecule has 3 N–H and O–H groups in total. The number of rotatable bonds is 17. The van der Waals surface area contributed by atoms with E-state index in [2.05, 4.69) is 36.0 Å². The molecule has 14 heteroatoms. The van der Waals surface area contributed by atoms with Crippen LogP contribution < -0.4 is 14.2 Å². The van der Waals surface area contributed by atoms with Gasteiger partial charge in [-0.25, -0.2) is 4.98 Å². The molecular weight excluding hydrogens is 741 g/mol. The van der Waals surface area contributed by atoms with Crippen LogP contribution in [0, 0.1) is 18.3 Å². The first-order valence-electron chi connectivity index (χ1n) is 18.2. The molecule has 0 atom stereocenters. The van der Waals surface area contributed by atoms with Crippen LogP contribution in [-0.4, -0.2) is 85.7 Å². The van der Waals surface area contributed by atoms with Crippen molar-refractivity contribution in [2.24, 2.45) is 0 Å². The van der Waals surface area contributed by atoms with E-state index in [1.807, 2.05) is 56.4 Å². The topological polar surface area (TPSA) is 153 Å². The van der Waals surface area contributed by atoms with Crippen molar-refractivity contribution in [3.8, 4) is 34.4 Å². The van der Waals surface area contributed by atoms with Gasteiger partial charge >= 0.3 is 0 Å². The second-order valence-corrected chi connectivity index (χ2v) is 14.7. The van der Waals surface area contributed by atoms with Crippen molar-refractivity contribution in [2.75, 3.05) is 39.9 Å². The van der Waals surface area contributed by atoms with Crippen molar-refractivity contribution in [3.05, 3.63) is 117 Å². The number of nitrogens with one attached hydrogen (secondary N) is 1. The molecule has 1 aliphatic heterocycles. The highest BCUT2D eigenvalue weighted by Crippen LogP contribution is 2.39. The summed E-state index contributed by atoms with van der Waals surface area (Å²) < 4.78 is 18.8. The fourth-order valence-corrected chi connectivity index (χ4v) is 7.10. The summed E-state index contributed by atoms with van der Waals surface area (Å²) in [6.45, 7) is 6.18. The number of aromatic amines is 1. The zero-order valence-corrected chi connectivity index (χ0v) is 32.5. The molecule has 0 amide bonds. The fourth-order valence-electron chi connectivity index (χ4n) is 6.58. The molecule has 3 heterocycles. The number of aromatic nitrogens is 4. The number of ether oxygens (including phenoxy) is 3. The first kappa shape index (κ1) is 39.9. The maximum absolute atomic E-state index is 10.3. The van der Waals surface area contributed by atoms with Gasteiger partial charge in [0.1, 0.15) is 48.7 Å². The van der Waals surface area contributed by atoms with Crippen LogP contribution in [0.1, 0.15) is 52.9 Å². The number of piperidine rings is 1. The molecule has 2 aromatic heterocycles. The van der Waals surface area contributed by atoms with E-state index in [0.29, 0.717) is 65.4 Å². The molecule has 0 spiro atoms. The van der Waals surface area contributed by atoms with Crippen LogP contribution in [0.2, 0.25) is 10.0 Å². The molecule has 0 bridgehead atoms. The molecule has 55 heavy (non-hydrogen) atoms. The molecule has 0 aliphatic carbocycles.